The summed E-state index contributed by atoms with van der Waals surface area (Å²) in [5.74, 6) is 0. The molecule has 0 saturated carbocycles. The van der Waals surface area contributed by atoms with Gasteiger partial charge in [0.15, 0.2) is 5.34 Å². The standard InChI is InChI=1S/C14H29BBrO6P/c1-5-13(4,18)23(19,20)22-14(6-2,7-3)8-9-11(17)10(16)12(15)21-9/h9-12,17-18H,5-8,15H2,1-4H3,(H,19,20)/t9-,10-,11-,12-,13+/m1/s1. The fourth-order valence-electron chi connectivity index (χ4n) is 2.72. The van der Waals surface area contributed by atoms with Crippen molar-refractivity contribution in [3.63, 3.8) is 0 Å². The minimum absolute atomic E-state index is 0.105. The molecule has 9 heteroatoms. The number of ether oxygens (including phenoxy) is 1. The quantitative estimate of drug-likeness (QED) is 0.318. The summed E-state index contributed by atoms with van der Waals surface area (Å²) in [5, 5.41) is 18.7. The second-order valence-corrected chi connectivity index (χ2v) is 9.84. The molecule has 1 rings (SSSR count). The first-order chi connectivity index (χ1) is 10.4. The first-order valence-corrected chi connectivity index (χ1v) is 10.7. The first-order valence-electron chi connectivity index (χ1n) is 8.19. The van der Waals surface area contributed by atoms with E-state index >= 15 is 0 Å². The first kappa shape index (κ1) is 21.6. The summed E-state index contributed by atoms with van der Waals surface area (Å²) in [7, 11) is -2.39. The van der Waals surface area contributed by atoms with Gasteiger partial charge in [-0.05, 0) is 26.2 Å². The van der Waals surface area contributed by atoms with E-state index in [9.17, 15) is 19.7 Å². The Balaban J connectivity index is 2.98. The normalized spacial score (nSPS) is 34.1. The second kappa shape index (κ2) is 7.86. The molecule has 0 radical (unpaired) electrons. The molecule has 0 aromatic heterocycles. The van der Waals surface area contributed by atoms with Gasteiger partial charge in [-0.3, -0.25) is 9.09 Å². The van der Waals surface area contributed by atoms with Crippen LogP contribution in [0.15, 0.2) is 0 Å². The van der Waals surface area contributed by atoms with Crippen LogP contribution >= 0.6 is 23.5 Å². The zero-order valence-corrected chi connectivity index (χ0v) is 17.0. The predicted octanol–water partition coefficient (Wildman–Crippen LogP) is 1.74. The zero-order valence-electron chi connectivity index (χ0n) is 14.5. The third-order valence-electron chi connectivity index (χ3n) is 5.00. The van der Waals surface area contributed by atoms with Crippen molar-refractivity contribution in [3.8, 4) is 0 Å². The number of aliphatic hydroxyl groups is 2. The highest BCUT2D eigenvalue weighted by Crippen LogP contribution is 2.59. The van der Waals surface area contributed by atoms with Crippen LogP contribution in [0.4, 0.5) is 0 Å². The van der Waals surface area contributed by atoms with Gasteiger partial charge in [0, 0.05) is 12.4 Å². The highest BCUT2D eigenvalue weighted by Gasteiger charge is 2.50. The van der Waals surface area contributed by atoms with Crippen molar-refractivity contribution in [2.75, 3.05) is 0 Å². The molecule has 0 spiro atoms. The molecule has 1 aliphatic rings. The van der Waals surface area contributed by atoms with Gasteiger partial charge in [0.25, 0.3) is 0 Å². The van der Waals surface area contributed by atoms with Crippen LogP contribution in [-0.2, 0) is 13.8 Å². The fraction of sp³-hybridized carbons (Fsp3) is 1.00. The van der Waals surface area contributed by atoms with Gasteiger partial charge in [-0.25, -0.2) is 0 Å². The van der Waals surface area contributed by atoms with Crippen molar-refractivity contribution in [2.45, 2.75) is 87.4 Å². The van der Waals surface area contributed by atoms with Gasteiger partial charge in [-0.1, -0.05) is 36.7 Å². The Morgan fingerprint density at radius 3 is 2.17 bits per heavy atom. The Morgan fingerprint density at radius 1 is 1.30 bits per heavy atom. The maximum absolute atomic E-state index is 12.6. The Labute approximate surface area is 148 Å². The smallest absolute Gasteiger partial charge is 0.359 e. The van der Waals surface area contributed by atoms with Crippen LogP contribution < -0.4 is 0 Å². The maximum Gasteiger partial charge on any atom is 0.359 e. The lowest BCUT2D eigenvalue weighted by Crippen LogP contribution is -2.41. The average molecular weight is 415 g/mol. The maximum atomic E-state index is 12.6. The monoisotopic (exact) mass is 414 g/mol. The third kappa shape index (κ3) is 4.60. The second-order valence-electron chi connectivity index (χ2n) is 6.59. The van der Waals surface area contributed by atoms with Crippen molar-refractivity contribution >= 4 is 31.4 Å². The topological polar surface area (TPSA) is 96.2 Å². The van der Waals surface area contributed by atoms with Crippen molar-refractivity contribution < 1.29 is 28.9 Å². The number of aliphatic hydroxyl groups excluding tert-OH is 1. The number of rotatable bonds is 8. The summed E-state index contributed by atoms with van der Waals surface area (Å²) in [4.78, 5) is 10.1. The van der Waals surface area contributed by atoms with Crippen LogP contribution in [0.1, 0.15) is 53.4 Å². The molecular formula is C14H29BBrO6P. The van der Waals surface area contributed by atoms with E-state index in [0.29, 0.717) is 12.8 Å². The van der Waals surface area contributed by atoms with Crippen molar-refractivity contribution in [1.82, 2.24) is 0 Å². The summed E-state index contributed by atoms with van der Waals surface area (Å²) in [5.41, 5.74) is -0.939. The largest absolute Gasteiger partial charge is 0.389 e. The highest BCUT2D eigenvalue weighted by molar-refractivity contribution is 9.09. The molecule has 1 unspecified atom stereocenters. The minimum Gasteiger partial charge on any atom is -0.389 e. The molecule has 0 aromatic carbocycles. The van der Waals surface area contributed by atoms with Gasteiger partial charge in [-0.15, -0.1) is 0 Å². The van der Waals surface area contributed by atoms with E-state index in [1.165, 1.54) is 6.92 Å². The number of alkyl halides is 1. The molecule has 0 bridgehead atoms. The molecule has 136 valence electrons. The summed E-state index contributed by atoms with van der Waals surface area (Å²) in [6, 6.07) is -0.152. The van der Waals surface area contributed by atoms with Gasteiger partial charge in [0.2, 0.25) is 0 Å². The summed E-state index contributed by atoms with van der Waals surface area (Å²) < 4.78 is 23.9. The molecule has 0 aromatic rings. The lowest BCUT2D eigenvalue weighted by atomic mass is 9.88. The average Bonchev–Trinajstić information content (AvgIpc) is 2.73. The predicted molar refractivity (Wildman–Crippen MR) is 95.7 cm³/mol. The van der Waals surface area contributed by atoms with E-state index in [4.69, 9.17) is 9.26 Å². The molecule has 1 fully saturated rings. The van der Waals surface area contributed by atoms with E-state index in [0.717, 1.165) is 0 Å². The fourth-order valence-corrected chi connectivity index (χ4v) is 4.63. The third-order valence-corrected chi connectivity index (χ3v) is 8.46. The number of hydrogen-bond acceptors (Lipinski definition) is 5. The molecule has 1 heterocycles. The summed E-state index contributed by atoms with van der Waals surface area (Å²) in [6.07, 6.45) is 0.145. The van der Waals surface area contributed by atoms with Crippen LogP contribution in [0.25, 0.3) is 0 Å². The van der Waals surface area contributed by atoms with Crippen molar-refractivity contribution in [2.24, 2.45) is 0 Å². The molecule has 1 aliphatic heterocycles. The highest BCUT2D eigenvalue weighted by atomic mass is 79.9. The Bertz CT molecular complexity index is 445. The van der Waals surface area contributed by atoms with Crippen LogP contribution in [0.2, 0.25) is 0 Å². The van der Waals surface area contributed by atoms with E-state index in [-0.39, 0.29) is 23.7 Å². The van der Waals surface area contributed by atoms with Gasteiger partial charge >= 0.3 is 7.60 Å². The molecule has 1 saturated heterocycles. The summed E-state index contributed by atoms with van der Waals surface area (Å²) in [6.45, 7) is 6.66. The lowest BCUT2D eigenvalue weighted by molar-refractivity contribution is -0.0524. The number of hydrogen-bond donors (Lipinski definition) is 3. The van der Waals surface area contributed by atoms with Crippen LogP contribution in [0.5, 0.6) is 0 Å². The molecule has 6 atom stereocenters. The summed E-state index contributed by atoms with van der Waals surface area (Å²) >= 11 is 3.41. The van der Waals surface area contributed by atoms with Crippen LogP contribution in [-0.4, -0.2) is 56.9 Å². The van der Waals surface area contributed by atoms with Gasteiger partial charge in [0.1, 0.15) is 7.85 Å². The van der Waals surface area contributed by atoms with Crippen LogP contribution in [0.3, 0.4) is 0 Å². The SMILES string of the molecule is B[C@@H]1O[C@H](CC(CC)(CC)OP(=O)(O)[C@](C)(O)CC)[C@@H](O)[C@H]1Br. The zero-order chi connectivity index (χ0) is 18.1. The minimum atomic E-state index is -4.25. The molecule has 3 N–H and O–H groups in total. The molecular weight excluding hydrogens is 386 g/mol. The molecule has 6 nitrogen and oxygen atoms in total. The van der Waals surface area contributed by atoms with Crippen molar-refractivity contribution in [1.29, 1.82) is 0 Å². The molecule has 23 heavy (non-hydrogen) atoms. The van der Waals surface area contributed by atoms with Gasteiger partial charge in [-0.2, -0.15) is 0 Å². The molecule has 0 amide bonds. The Kier molecular flexibility index (Phi) is 7.38. The van der Waals surface area contributed by atoms with Gasteiger partial charge < -0.3 is 19.8 Å². The van der Waals surface area contributed by atoms with E-state index in [1.807, 2.05) is 21.7 Å². The molecule has 0 aliphatic carbocycles. The lowest BCUT2D eigenvalue weighted by Gasteiger charge is -2.39. The van der Waals surface area contributed by atoms with E-state index in [2.05, 4.69) is 15.9 Å². The van der Waals surface area contributed by atoms with Crippen molar-refractivity contribution in [3.05, 3.63) is 0 Å². The van der Waals surface area contributed by atoms with E-state index < -0.39 is 30.7 Å². The Morgan fingerprint density at radius 2 is 1.83 bits per heavy atom. The Hall–Kier alpha value is 0.575. The van der Waals surface area contributed by atoms with E-state index in [1.54, 1.807) is 6.92 Å². The van der Waals surface area contributed by atoms with Crippen LogP contribution in [0, 0.1) is 0 Å². The van der Waals surface area contributed by atoms with Gasteiger partial charge in [0.05, 0.1) is 22.6 Å². The number of halogens is 1.